The second-order valence-corrected chi connectivity index (χ2v) is 5.47. The van der Waals surface area contributed by atoms with Crippen LogP contribution in [0.15, 0.2) is 24.3 Å². The van der Waals surface area contributed by atoms with E-state index in [1.54, 1.807) is 0 Å². The predicted octanol–water partition coefficient (Wildman–Crippen LogP) is 1.85. The average Bonchev–Trinajstić information content (AvgIpc) is 3.12. The van der Waals surface area contributed by atoms with Crippen LogP contribution in [0.4, 0.5) is 0 Å². The molecular weight excluding hydrogens is 224 g/mol. The SMILES string of the molecule is Cc1ccccc1CN1CCC(NC2CC2)C1=O. The summed E-state index contributed by atoms with van der Waals surface area (Å²) in [6, 6.07) is 8.99. The molecule has 3 nitrogen and oxygen atoms in total. The van der Waals surface area contributed by atoms with Crippen LogP contribution in [0, 0.1) is 6.92 Å². The van der Waals surface area contributed by atoms with Crippen LogP contribution in [0.3, 0.4) is 0 Å². The molecule has 1 atom stereocenters. The number of carbonyl (C=O) groups is 1. The van der Waals surface area contributed by atoms with Crippen molar-refractivity contribution < 1.29 is 4.79 Å². The second kappa shape index (κ2) is 4.73. The summed E-state index contributed by atoms with van der Waals surface area (Å²) in [5, 5.41) is 3.44. The van der Waals surface area contributed by atoms with Crippen LogP contribution < -0.4 is 5.32 Å². The first-order valence-corrected chi connectivity index (χ1v) is 6.83. The summed E-state index contributed by atoms with van der Waals surface area (Å²) in [5.74, 6) is 0.283. The Bertz CT molecular complexity index is 454. The minimum Gasteiger partial charge on any atom is -0.337 e. The number of rotatable bonds is 4. The van der Waals surface area contributed by atoms with E-state index in [0.717, 1.165) is 19.5 Å². The van der Waals surface area contributed by atoms with Gasteiger partial charge in [-0.15, -0.1) is 0 Å². The van der Waals surface area contributed by atoms with E-state index >= 15 is 0 Å². The molecule has 1 saturated heterocycles. The predicted molar refractivity (Wildman–Crippen MR) is 71.2 cm³/mol. The Labute approximate surface area is 108 Å². The second-order valence-electron chi connectivity index (χ2n) is 5.47. The third kappa shape index (κ3) is 2.41. The number of amides is 1. The fourth-order valence-corrected chi connectivity index (χ4v) is 2.58. The van der Waals surface area contributed by atoms with Crippen LogP contribution >= 0.6 is 0 Å². The Balaban J connectivity index is 1.63. The maximum Gasteiger partial charge on any atom is 0.240 e. The number of carbonyl (C=O) groups excluding carboxylic acids is 1. The molecule has 1 aliphatic carbocycles. The first-order valence-electron chi connectivity index (χ1n) is 6.83. The summed E-state index contributed by atoms with van der Waals surface area (Å²) in [5.41, 5.74) is 2.53. The molecule has 18 heavy (non-hydrogen) atoms. The van der Waals surface area contributed by atoms with Crippen LogP contribution in [0.1, 0.15) is 30.4 Å². The summed E-state index contributed by atoms with van der Waals surface area (Å²) in [6.07, 6.45) is 3.43. The van der Waals surface area contributed by atoms with E-state index in [1.165, 1.54) is 24.0 Å². The van der Waals surface area contributed by atoms with Gasteiger partial charge in [0.15, 0.2) is 0 Å². The van der Waals surface area contributed by atoms with Gasteiger partial charge in [-0.2, -0.15) is 0 Å². The lowest BCUT2D eigenvalue weighted by Gasteiger charge is -2.18. The van der Waals surface area contributed by atoms with Gasteiger partial charge in [0.1, 0.15) is 0 Å². The van der Waals surface area contributed by atoms with E-state index in [2.05, 4.69) is 24.4 Å². The molecule has 1 aromatic carbocycles. The van der Waals surface area contributed by atoms with Crippen molar-refractivity contribution in [2.75, 3.05) is 6.54 Å². The van der Waals surface area contributed by atoms with Crippen molar-refractivity contribution in [1.82, 2.24) is 10.2 Å². The molecule has 1 unspecified atom stereocenters. The zero-order chi connectivity index (χ0) is 12.5. The molecule has 0 spiro atoms. The molecule has 2 aliphatic rings. The zero-order valence-corrected chi connectivity index (χ0v) is 10.9. The van der Waals surface area contributed by atoms with Gasteiger partial charge in [-0.05, 0) is 37.3 Å². The molecule has 96 valence electrons. The minimum absolute atomic E-state index is 0.0709. The number of hydrogen-bond acceptors (Lipinski definition) is 2. The molecule has 0 bridgehead atoms. The van der Waals surface area contributed by atoms with Crippen LogP contribution in [0.25, 0.3) is 0 Å². The van der Waals surface area contributed by atoms with Crippen molar-refractivity contribution >= 4 is 5.91 Å². The highest BCUT2D eigenvalue weighted by molar-refractivity contribution is 5.84. The van der Waals surface area contributed by atoms with Crippen molar-refractivity contribution in [1.29, 1.82) is 0 Å². The first kappa shape index (κ1) is 11.7. The maximum atomic E-state index is 12.2. The van der Waals surface area contributed by atoms with Gasteiger partial charge in [0.05, 0.1) is 6.04 Å². The van der Waals surface area contributed by atoms with E-state index in [-0.39, 0.29) is 11.9 Å². The summed E-state index contributed by atoms with van der Waals surface area (Å²) in [7, 11) is 0. The van der Waals surface area contributed by atoms with Crippen LogP contribution in [0.5, 0.6) is 0 Å². The number of aryl methyl sites for hydroxylation is 1. The van der Waals surface area contributed by atoms with Crippen LogP contribution in [-0.4, -0.2) is 29.4 Å². The standard InChI is InChI=1S/C15H20N2O/c1-11-4-2-3-5-12(11)10-17-9-8-14(15(17)18)16-13-6-7-13/h2-5,13-14,16H,6-10H2,1H3. The number of hydrogen-bond donors (Lipinski definition) is 1. The maximum absolute atomic E-state index is 12.2. The average molecular weight is 244 g/mol. The third-order valence-corrected chi connectivity index (χ3v) is 3.93. The van der Waals surface area contributed by atoms with Gasteiger partial charge in [0, 0.05) is 19.1 Å². The van der Waals surface area contributed by atoms with E-state index in [1.807, 2.05) is 17.0 Å². The Morgan fingerprint density at radius 2 is 2.06 bits per heavy atom. The van der Waals surface area contributed by atoms with Crippen LogP contribution in [0.2, 0.25) is 0 Å². The lowest BCUT2D eigenvalue weighted by molar-refractivity contribution is -0.129. The molecular formula is C15H20N2O. The van der Waals surface area contributed by atoms with Gasteiger partial charge in [-0.1, -0.05) is 24.3 Å². The Morgan fingerprint density at radius 1 is 1.28 bits per heavy atom. The van der Waals surface area contributed by atoms with Gasteiger partial charge < -0.3 is 10.2 Å². The first-order chi connectivity index (χ1) is 8.74. The van der Waals surface area contributed by atoms with Crippen molar-refractivity contribution in [3.8, 4) is 0 Å². The summed E-state index contributed by atoms with van der Waals surface area (Å²) in [6.45, 7) is 3.75. The minimum atomic E-state index is 0.0709. The van der Waals surface area contributed by atoms with Gasteiger partial charge in [-0.25, -0.2) is 0 Å². The number of nitrogens with one attached hydrogen (secondary N) is 1. The Morgan fingerprint density at radius 3 is 2.78 bits per heavy atom. The quantitative estimate of drug-likeness (QED) is 0.876. The Hall–Kier alpha value is -1.35. The zero-order valence-electron chi connectivity index (χ0n) is 10.9. The van der Waals surface area contributed by atoms with Gasteiger partial charge >= 0.3 is 0 Å². The normalized spacial score (nSPS) is 23.7. The molecule has 3 heteroatoms. The fourth-order valence-electron chi connectivity index (χ4n) is 2.58. The van der Waals surface area contributed by atoms with Gasteiger partial charge in [-0.3, -0.25) is 4.79 Å². The lowest BCUT2D eigenvalue weighted by atomic mass is 10.1. The van der Waals surface area contributed by atoms with E-state index in [9.17, 15) is 4.79 Å². The molecule has 0 aromatic heterocycles. The molecule has 3 rings (SSSR count). The molecule has 0 radical (unpaired) electrons. The number of nitrogens with zero attached hydrogens (tertiary/aromatic N) is 1. The van der Waals surface area contributed by atoms with Crippen molar-refractivity contribution in [2.45, 2.75) is 44.8 Å². The highest BCUT2D eigenvalue weighted by Gasteiger charge is 2.35. The summed E-state index contributed by atoms with van der Waals surface area (Å²) >= 11 is 0. The molecule has 1 saturated carbocycles. The smallest absolute Gasteiger partial charge is 0.240 e. The largest absolute Gasteiger partial charge is 0.337 e. The topological polar surface area (TPSA) is 32.3 Å². The molecule has 1 N–H and O–H groups in total. The lowest BCUT2D eigenvalue weighted by Crippen LogP contribution is -2.39. The van der Waals surface area contributed by atoms with Crippen LogP contribution in [-0.2, 0) is 11.3 Å². The monoisotopic (exact) mass is 244 g/mol. The van der Waals surface area contributed by atoms with E-state index < -0.39 is 0 Å². The van der Waals surface area contributed by atoms with E-state index in [4.69, 9.17) is 0 Å². The van der Waals surface area contributed by atoms with Crippen molar-refractivity contribution in [2.24, 2.45) is 0 Å². The van der Waals surface area contributed by atoms with Gasteiger partial charge in [0.2, 0.25) is 5.91 Å². The molecule has 1 heterocycles. The number of likely N-dealkylation sites (tertiary alicyclic amines) is 1. The molecule has 1 aliphatic heterocycles. The van der Waals surface area contributed by atoms with E-state index in [0.29, 0.717) is 6.04 Å². The summed E-state index contributed by atoms with van der Waals surface area (Å²) in [4.78, 5) is 14.2. The third-order valence-electron chi connectivity index (χ3n) is 3.93. The Kier molecular flexibility index (Phi) is 3.08. The summed E-state index contributed by atoms with van der Waals surface area (Å²) < 4.78 is 0. The van der Waals surface area contributed by atoms with Crippen molar-refractivity contribution in [3.05, 3.63) is 35.4 Å². The fraction of sp³-hybridized carbons (Fsp3) is 0.533. The van der Waals surface area contributed by atoms with Crippen molar-refractivity contribution in [3.63, 3.8) is 0 Å². The highest BCUT2D eigenvalue weighted by Crippen LogP contribution is 2.23. The number of benzene rings is 1. The molecule has 1 amide bonds. The highest BCUT2D eigenvalue weighted by atomic mass is 16.2. The molecule has 1 aromatic rings. The van der Waals surface area contributed by atoms with Gasteiger partial charge in [0.25, 0.3) is 0 Å². The molecule has 2 fully saturated rings.